The van der Waals surface area contributed by atoms with Crippen LogP contribution in [0.2, 0.25) is 0 Å². The zero-order valence-electron chi connectivity index (χ0n) is 16.9. The summed E-state index contributed by atoms with van der Waals surface area (Å²) in [5.41, 5.74) is 2.98. The van der Waals surface area contributed by atoms with Crippen LogP contribution in [0.15, 0.2) is 65.7 Å². The molecule has 0 aliphatic rings. The van der Waals surface area contributed by atoms with E-state index in [2.05, 4.69) is 20.3 Å². The van der Waals surface area contributed by atoms with Crippen LogP contribution in [0.5, 0.6) is 0 Å². The van der Waals surface area contributed by atoms with E-state index >= 15 is 0 Å². The van der Waals surface area contributed by atoms with Crippen LogP contribution < -0.4 is 10.9 Å². The van der Waals surface area contributed by atoms with Gasteiger partial charge in [-0.3, -0.25) is 19.1 Å². The molecule has 0 fully saturated rings. The summed E-state index contributed by atoms with van der Waals surface area (Å²) in [7, 11) is 3.47. The quantitative estimate of drug-likeness (QED) is 0.550. The minimum atomic E-state index is -0.356. The Morgan fingerprint density at radius 1 is 0.967 bits per heavy atom. The average Bonchev–Trinajstić information content (AvgIpc) is 2.99. The summed E-state index contributed by atoms with van der Waals surface area (Å²) >= 11 is 0. The van der Waals surface area contributed by atoms with Crippen molar-refractivity contribution >= 4 is 5.95 Å². The maximum Gasteiger partial charge on any atom is 0.274 e. The Hall–Kier alpha value is -3.81. The van der Waals surface area contributed by atoms with Gasteiger partial charge in [-0.05, 0) is 42.8 Å². The van der Waals surface area contributed by atoms with Crippen LogP contribution in [-0.4, -0.2) is 24.3 Å². The number of anilines is 1. The highest BCUT2D eigenvalue weighted by molar-refractivity contribution is 5.79. The van der Waals surface area contributed by atoms with Crippen molar-refractivity contribution in [2.24, 2.45) is 14.1 Å². The van der Waals surface area contributed by atoms with E-state index in [0.29, 0.717) is 28.5 Å². The lowest BCUT2D eigenvalue weighted by molar-refractivity contribution is 0.583. The molecule has 8 heteroatoms. The Bertz CT molecular complexity index is 1230. The number of nitrogens with zero attached hydrogens (tertiary/aromatic N) is 5. The fourth-order valence-corrected chi connectivity index (χ4v) is 3.34. The normalized spacial score (nSPS) is 12.0. The predicted octanol–water partition coefficient (Wildman–Crippen LogP) is 3.56. The number of rotatable bonds is 5. The molecule has 0 saturated heterocycles. The summed E-state index contributed by atoms with van der Waals surface area (Å²) in [6.45, 7) is 1.97. The fourth-order valence-electron chi connectivity index (χ4n) is 3.34. The Kier molecular flexibility index (Phi) is 5.14. The van der Waals surface area contributed by atoms with Crippen molar-refractivity contribution in [2.45, 2.75) is 13.0 Å². The predicted molar refractivity (Wildman–Crippen MR) is 113 cm³/mol. The van der Waals surface area contributed by atoms with E-state index in [0.717, 1.165) is 5.69 Å². The molecule has 0 saturated carbocycles. The highest BCUT2D eigenvalue weighted by Gasteiger charge is 2.21. The first-order valence-electron chi connectivity index (χ1n) is 9.48. The third-order valence-electron chi connectivity index (χ3n) is 5.03. The van der Waals surface area contributed by atoms with Gasteiger partial charge in [0.15, 0.2) is 0 Å². The van der Waals surface area contributed by atoms with Crippen LogP contribution >= 0.6 is 0 Å². The second kappa shape index (κ2) is 7.90. The number of pyridine rings is 1. The van der Waals surface area contributed by atoms with Gasteiger partial charge in [-0.25, -0.2) is 14.4 Å². The molecule has 0 aliphatic heterocycles. The van der Waals surface area contributed by atoms with Gasteiger partial charge in [-0.15, -0.1) is 0 Å². The van der Waals surface area contributed by atoms with E-state index < -0.39 is 0 Å². The molecule has 1 aromatic carbocycles. The second-order valence-electron chi connectivity index (χ2n) is 6.97. The monoisotopic (exact) mass is 404 g/mol. The number of nitrogens with one attached hydrogen (secondary N) is 1. The minimum absolute atomic E-state index is 0.0994. The van der Waals surface area contributed by atoms with Gasteiger partial charge in [0.05, 0.1) is 28.7 Å². The first-order valence-corrected chi connectivity index (χ1v) is 9.48. The molecule has 0 unspecified atom stereocenters. The summed E-state index contributed by atoms with van der Waals surface area (Å²) < 4.78 is 16.6. The van der Waals surface area contributed by atoms with Gasteiger partial charge in [0.1, 0.15) is 5.82 Å². The van der Waals surface area contributed by atoms with Crippen molar-refractivity contribution in [2.75, 3.05) is 5.32 Å². The lowest BCUT2D eigenvalue weighted by atomic mass is 10.0. The van der Waals surface area contributed by atoms with Gasteiger partial charge in [0.2, 0.25) is 5.95 Å². The third-order valence-corrected chi connectivity index (χ3v) is 5.03. The van der Waals surface area contributed by atoms with Crippen molar-refractivity contribution in [3.63, 3.8) is 0 Å². The number of hydrogen-bond donors (Lipinski definition) is 1. The van der Waals surface area contributed by atoms with Crippen LogP contribution in [-0.2, 0) is 14.1 Å². The summed E-state index contributed by atoms with van der Waals surface area (Å²) in [4.78, 5) is 26.2. The Balaban J connectivity index is 1.76. The zero-order chi connectivity index (χ0) is 21.3. The van der Waals surface area contributed by atoms with Gasteiger partial charge < -0.3 is 5.32 Å². The van der Waals surface area contributed by atoms with Crippen molar-refractivity contribution in [1.82, 2.24) is 24.3 Å². The highest BCUT2D eigenvalue weighted by atomic mass is 19.1. The molecule has 0 radical (unpaired) electrons. The third kappa shape index (κ3) is 3.59. The summed E-state index contributed by atoms with van der Waals surface area (Å²) in [5, 5.41) is 3.25. The molecule has 1 N–H and O–H groups in total. The van der Waals surface area contributed by atoms with Crippen LogP contribution in [0.25, 0.3) is 22.5 Å². The lowest BCUT2D eigenvalue weighted by Gasteiger charge is -2.14. The average molecular weight is 404 g/mol. The molecule has 30 heavy (non-hydrogen) atoms. The van der Waals surface area contributed by atoms with E-state index in [1.54, 1.807) is 49.4 Å². The number of hydrogen-bond acceptors (Lipinski definition) is 5. The van der Waals surface area contributed by atoms with Crippen molar-refractivity contribution in [3.8, 4) is 22.5 Å². The molecule has 7 nitrogen and oxygen atoms in total. The summed E-state index contributed by atoms with van der Waals surface area (Å²) in [6.07, 6.45) is 3.38. The Morgan fingerprint density at radius 3 is 2.43 bits per heavy atom. The first-order chi connectivity index (χ1) is 14.5. The fraction of sp³-hybridized carbons (Fsp3) is 0.182. The molecule has 3 heterocycles. The molecule has 4 aromatic rings. The van der Waals surface area contributed by atoms with Gasteiger partial charge in [0.25, 0.3) is 5.56 Å². The van der Waals surface area contributed by atoms with E-state index in [4.69, 9.17) is 0 Å². The Labute approximate surface area is 172 Å². The maximum absolute atomic E-state index is 13.4. The second-order valence-corrected chi connectivity index (χ2v) is 6.97. The molecule has 0 bridgehead atoms. The molecule has 3 aromatic heterocycles. The van der Waals surface area contributed by atoms with Crippen LogP contribution in [0.3, 0.4) is 0 Å². The zero-order valence-corrected chi connectivity index (χ0v) is 16.9. The van der Waals surface area contributed by atoms with Gasteiger partial charge in [0, 0.05) is 26.5 Å². The molecule has 0 aliphatic carbocycles. The SMILES string of the molecule is C[C@H](Nc1nccc(-c2c(-c3ccc(F)cc3)c(=O)n(C)n2C)n1)c1ccccn1. The number of aromatic nitrogens is 5. The Morgan fingerprint density at radius 2 is 1.73 bits per heavy atom. The van der Waals surface area contributed by atoms with E-state index in [-0.39, 0.29) is 17.4 Å². The van der Waals surface area contributed by atoms with E-state index in [9.17, 15) is 9.18 Å². The first kappa shape index (κ1) is 19.5. The van der Waals surface area contributed by atoms with Gasteiger partial charge in [-0.2, -0.15) is 0 Å². The van der Waals surface area contributed by atoms with Crippen molar-refractivity contribution in [3.05, 3.63) is 82.8 Å². The standard InChI is InChI=1S/C22H21FN6O/c1-14(17-6-4-5-12-24-17)26-22-25-13-11-18(27-22)20-19(21(30)29(3)28(20)2)15-7-9-16(23)10-8-15/h4-14H,1-3H3,(H,25,26,27)/t14-/m0/s1. The molecular weight excluding hydrogens is 383 g/mol. The molecule has 152 valence electrons. The maximum atomic E-state index is 13.4. The van der Waals surface area contributed by atoms with E-state index in [1.165, 1.54) is 16.8 Å². The smallest absolute Gasteiger partial charge is 0.274 e. The van der Waals surface area contributed by atoms with Gasteiger partial charge in [-0.1, -0.05) is 18.2 Å². The molecular formula is C22H21FN6O. The number of benzene rings is 1. The lowest BCUT2D eigenvalue weighted by Crippen LogP contribution is -2.17. The molecule has 4 rings (SSSR count). The summed E-state index contributed by atoms with van der Waals surface area (Å²) in [5.74, 6) is 0.0668. The van der Waals surface area contributed by atoms with Crippen LogP contribution in [0.4, 0.5) is 10.3 Å². The molecule has 1 atom stereocenters. The van der Waals surface area contributed by atoms with Crippen LogP contribution in [0, 0.1) is 5.82 Å². The van der Waals surface area contributed by atoms with Crippen molar-refractivity contribution < 1.29 is 4.39 Å². The van der Waals surface area contributed by atoms with Crippen LogP contribution in [0.1, 0.15) is 18.7 Å². The largest absolute Gasteiger partial charge is 0.346 e. The minimum Gasteiger partial charge on any atom is -0.346 e. The number of halogens is 1. The van der Waals surface area contributed by atoms with Gasteiger partial charge >= 0.3 is 0 Å². The summed E-state index contributed by atoms with van der Waals surface area (Å²) in [6, 6.07) is 13.2. The highest BCUT2D eigenvalue weighted by Crippen LogP contribution is 2.29. The van der Waals surface area contributed by atoms with E-state index in [1.807, 2.05) is 25.1 Å². The topological polar surface area (TPSA) is 77.6 Å². The van der Waals surface area contributed by atoms with Crippen molar-refractivity contribution in [1.29, 1.82) is 0 Å². The molecule has 0 spiro atoms. The molecule has 0 amide bonds.